The van der Waals surface area contributed by atoms with Gasteiger partial charge in [-0.25, -0.2) is 9.67 Å². The second-order valence-electron chi connectivity index (χ2n) is 4.62. The fraction of sp³-hybridized carbons (Fsp3) is 0.200. The van der Waals surface area contributed by atoms with Crippen molar-refractivity contribution in [3.63, 3.8) is 0 Å². The summed E-state index contributed by atoms with van der Waals surface area (Å²) in [6, 6.07) is 10.0. The smallest absolute Gasteiger partial charge is 0.158 e. The average molecular weight is 332 g/mol. The van der Waals surface area contributed by atoms with Crippen molar-refractivity contribution in [2.75, 3.05) is 7.11 Å². The molecular weight excluding hydrogens is 318 g/mol. The molecule has 4 nitrogen and oxygen atoms in total. The Balaban J connectivity index is 1.95. The van der Waals surface area contributed by atoms with Gasteiger partial charge in [-0.3, -0.25) is 0 Å². The van der Waals surface area contributed by atoms with Gasteiger partial charge < -0.3 is 4.74 Å². The summed E-state index contributed by atoms with van der Waals surface area (Å²) in [6.07, 6.45) is 1.84. The first kappa shape index (κ1) is 13.1. The van der Waals surface area contributed by atoms with Crippen molar-refractivity contribution in [2.45, 2.75) is 13.5 Å². The molecule has 5 heteroatoms. The molecule has 0 bridgehead atoms. The summed E-state index contributed by atoms with van der Waals surface area (Å²) < 4.78 is 8.09. The Morgan fingerprint density at radius 1 is 1.25 bits per heavy atom. The third-order valence-corrected chi connectivity index (χ3v) is 4.03. The first-order valence-electron chi connectivity index (χ1n) is 6.29. The van der Waals surface area contributed by atoms with Gasteiger partial charge in [0, 0.05) is 9.86 Å². The molecule has 20 heavy (non-hydrogen) atoms. The standard InChI is InChI=1S/C15H14BrN3O/c1-10-14(16)7-12-8-17-19(15(12)18-10)9-11-3-5-13(20-2)6-4-11/h3-8H,9H2,1-2H3. The van der Waals surface area contributed by atoms with E-state index in [0.29, 0.717) is 6.54 Å². The maximum absolute atomic E-state index is 5.16. The van der Waals surface area contributed by atoms with Crippen molar-refractivity contribution in [1.29, 1.82) is 0 Å². The van der Waals surface area contributed by atoms with Crippen molar-refractivity contribution in [3.8, 4) is 5.75 Å². The number of nitrogens with zero attached hydrogens (tertiary/aromatic N) is 3. The van der Waals surface area contributed by atoms with Crippen LogP contribution in [0.2, 0.25) is 0 Å². The van der Waals surface area contributed by atoms with Crippen LogP contribution in [0, 0.1) is 6.92 Å². The normalized spacial score (nSPS) is 10.9. The van der Waals surface area contributed by atoms with E-state index < -0.39 is 0 Å². The molecule has 0 aliphatic heterocycles. The minimum absolute atomic E-state index is 0.696. The van der Waals surface area contributed by atoms with E-state index >= 15 is 0 Å². The predicted octanol–water partition coefficient (Wildman–Crippen LogP) is 3.56. The molecule has 3 rings (SSSR count). The van der Waals surface area contributed by atoms with E-state index in [-0.39, 0.29) is 0 Å². The van der Waals surface area contributed by atoms with Gasteiger partial charge in [-0.15, -0.1) is 0 Å². The maximum atomic E-state index is 5.16. The van der Waals surface area contributed by atoms with Gasteiger partial charge in [0.25, 0.3) is 0 Å². The lowest BCUT2D eigenvalue weighted by atomic mass is 10.2. The third kappa shape index (κ3) is 2.41. The molecular formula is C15H14BrN3O. The number of fused-ring (bicyclic) bond motifs is 1. The maximum Gasteiger partial charge on any atom is 0.158 e. The van der Waals surface area contributed by atoms with Crippen LogP contribution in [0.4, 0.5) is 0 Å². The van der Waals surface area contributed by atoms with Crippen LogP contribution in [0.5, 0.6) is 5.75 Å². The van der Waals surface area contributed by atoms with Gasteiger partial charge in [0.15, 0.2) is 5.65 Å². The molecule has 0 aliphatic carbocycles. The number of ether oxygens (including phenoxy) is 1. The van der Waals surface area contributed by atoms with Crippen molar-refractivity contribution >= 4 is 27.0 Å². The molecule has 0 unspecified atom stereocenters. The molecule has 3 aromatic rings. The highest BCUT2D eigenvalue weighted by atomic mass is 79.9. The Bertz CT molecular complexity index is 750. The molecule has 102 valence electrons. The monoisotopic (exact) mass is 331 g/mol. The summed E-state index contributed by atoms with van der Waals surface area (Å²) in [5.74, 6) is 0.858. The summed E-state index contributed by atoms with van der Waals surface area (Å²) >= 11 is 3.49. The lowest BCUT2D eigenvalue weighted by Crippen LogP contribution is -2.03. The largest absolute Gasteiger partial charge is 0.497 e. The Kier molecular flexibility index (Phi) is 3.44. The second kappa shape index (κ2) is 5.25. The summed E-state index contributed by atoms with van der Waals surface area (Å²) in [6.45, 7) is 2.68. The molecule has 1 aromatic carbocycles. The van der Waals surface area contributed by atoms with Crippen molar-refractivity contribution in [2.24, 2.45) is 0 Å². The number of halogens is 1. The number of pyridine rings is 1. The quantitative estimate of drug-likeness (QED) is 0.736. The molecule has 0 spiro atoms. The fourth-order valence-corrected chi connectivity index (χ4v) is 2.43. The first-order valence-corrected chi connectivity index (χ1v) is 7.08. The highest BCUT2D eigenvalue weighted by Crippen LogP contribution is 2.21. The molecule has 0 fully saturated rings. The number of hydrogen-bond acceptors (Lipinski definition) is 3. The highest BCUT2D eigenvalue weighted by molar-refractivity contribution is 9.10. The van der Waals surface area contributed by atoms with Gasteiger partial charge >= 0.3 is 0 Å². The SMILES string of the molecule is COc1ccc(Cn2ncc3cc(Br)c(C)nc32)cc1. The highest BCUT2D eigenvalue weighted by Gasteiger charge is 2.07. The number of rotatable bonds is 3. The molecule has 0 amide bonds. The zero-order valence-electron chi connectivity index (χ0n) is 11.3. The Hall–Kier alpha value is -1.88. The van der Waals surface area contributed by atoms with Crippen molar-refractivity contribution < 1.29 is 4.74 Å². The van der Waals surface area contributed by atoms with E-state index in [2.05, 4.69) is 32.1 Å². The summed E-state index contributed by atoms with van der Waals surface area (Å²) in [7, 11) is 1.67. The van der Waals surface area contributed by atoms with Crippen LogP contribution >= 0.6 is 15.9 Å². The fourth-order valence-electron chi connectivity index (χ4n) is 2.09. The number of benzene rings is 1. The van der Waals surface area contributed by atoms with Gasteiger partial charge in [-0.05, 0) is 46.6 Å². The summed E-state index contributed by atoms with van der Waals surface area (Å²) in [5.41, 5.74) is 3.04. The summed E-state index contributed by atoms with van der Waals surface area (Å²) in [5, 5.41) is 5.46. The van der Waals surface area contributed by atoms with Crippen LogP contribution in [0.25, 0.3) is 11.0 Å². The van der Waals surface area contributed by atoms with E-state index in [1.807, 2.05) is 42.1 Å². The van der Waals surface area contributed by atoms with Gasteiger partial charge in [0.2, 0.25) is 0 Å². The molecule has 0 atom stereocenters. The molecule has 0 radical (unpaired) electrons. The zero-order chi connectivity index (χ0) is 14.1. The van der Waals surface area contributed by atoms with Crippen LogP contribution in [-0.2, 0) is 6.54 Å². The predicted molar refractivity (Wildman–Crippen MR) is 82.1 cm³/mol. The topological polar surface area (TPSA) is 39.9 Å². The number of hydrogen-bond donors (Lipinski definition) is 0. The van der Waals surface area contributed by atoms with Crippen molar-refractivity contribution in [1.82, 2.24) is 14.8 Å². The van der Waals surface area contributed by atoms with E-state index in [1.54, 1.807) is 7.11 Å². The second-order valence-corrected chi connectivity index (χ2v) is 5.47. The van der Waals surface area contributed by atoms with E-state index in [9.17, 15) is 0 Å². The van der Waals surface area contributed by atoms with Gasteiger partial charge in [0.1, 0.15) is 5.75 Å². The molecule has 2 heterocycles. The Labute approximate surface area is 125 Å². The van der Waals surface area contributed by atoms with E-state index in [4.69, 9.17) is 4.74 Å². The van der Waals surface area contributed by atoms with E-state index in [1.165, 1.54) is 0 Å². The van der Waals surface area contributed by atoms with Crippen molar-refractivity contribution in [3.05, 3.63) is 52.3 Å². The molecule has 0 saturated heterocycles. The molecule has 0 aliphatic rings. The first-order chi connectivity index (χ1) is 9.67. The molecule has 0 saturated carbocycles. The van der Waals surface area contributed by atoms with Gasteiger partial charge in [-0.2, -0.15) is 5.10 Å². The zero-order valence-corrected chi connectivity index (χ0v) is 12.9. The number of aromatic nitrogens is 3. The molecule has 0 N–H and O–H groups in total. The van der Waals surface area contributed by atoms with Crippen LogP contribution in [0.1, 0.15) is 11.3 Å². The van der Waals surface area contributed by atoms with Crippen LogP contribution < -0.4 is 4.74 Å². The van der Waals surface area contributed by atoms with Gasteiger partial charge in [0.05, 0.1) is 25.5 Å². The van der Waals surface area contributed by atoms with E-state index in [0.717, 1.165) is 32.5 Å². The van der Waals surface area contributed by atoms with Gasteiger partial charge in [-0.1, -0.05) is 12.1 Å². The number of methoxy groups -OCH3 is 1. The summed E-state index contributed by atoms with van der Waals surface area (Å²) in [4.78, 5) is 4.59. The Morgan fingerprint density at radius 2 is 2.00 bits per heavy atom. The van der Waals surface area contributed by atoms with Crippen LogP contribution in [-0.4, -0.2) is 21.9 Å². The minimum Gasteiger partial charge on any atom is -0.497 e. The molecule has 2 aromatic heterocycles. The lowest BCUT2D eigenvalue weighted by Gasteiger charge is -2.06. The van der Waals surface area contributed by atoms with Crippen LogP contribution in [0.3, 0.4) is 0 Å². The lowest BCUT2D eigenvalue weighted by molar-refractivity contribution is 0.414. The number of aryl methyl sites for hydroxylation is 1. The third-order valence-electron chi connectivity index (χ3n) is 3.23. The minimum atomic E-state index is 0.696. The van der Waals surface area contributed by atoms with Crippen LogP contribution in [0.15, 0.2) is 41.0 Å². The Morgan fingerprint density at radius 3 is 2.70 bits per heavy atom. The average Bonchev–Trinajstić information content (AvgIpc) is 2.83.